The van der Waals surface area contributed by atoms with Crippen LogP contribution in [0.3, 0.4) is 0 Å². The number of carbonyl (C=O) groups is 2. The fraction of sp³-hybridized carbons (Fsp3) is 0.412. The zero-order chi connectivity index (χ0) is 17.3. The van der Waals surface area contributed by atoms with Crippen LogP contribution in [0.5, 0.6) is 0 Å². The van der Waals surface area contributed by atoms with E-state index in [0.29, 0.717) is 18.8 Å². The van der Waals surface area contributed by atoms with Gasteiger partial charge in [-0.25, -0.2) is 9.99 Å². The molecule has 126 valence electrons. The molecule has 2 amide bonds. The number of pyridine rings is 1. The van der Waals surface area contributed by atoms with E-state index in [1.807, 2.05) is 32.9 Å². The summed E-state index contributed by atoms with van der Waals surface area (Å²) >= 11 is 1.40. The minimum atomic E-state index is -0.522. The smallest absolute Gasteiger partial charge is 0.272 e. The first-order valence-corrected chi connectivity index (χ1v) is 8.75. The highest BCUT2D eigenvalue weighted by Crippen LogP contribution is 2.26. The standard InChI is InChI=1S/C17H20N4O2S/c1-17(2,3)16(23)21-9-5-8-20(21)15(22)13-11-24-14(19-13)12-6-4-7-18-10-12/h4,6-7,10-11H,5,8-9H2,1-3H3. The van der Waals surface area contributed by atoms with E-state index >= 15 is 0 Å². The Morgan fingerprint density at radius 3 is 2.62 bits per heavy atom. The first-order valence-electron chi connectivity index (χ1n) is 7.87. The molecule has 0 saturated carbocycles. The average Bonchev–Trinajstić information content (AvgIpc) is 3.23. The van der Waals surface area contributed by atoms with Crippen LogP contribution in [0.1, 0.15) is 37.7 Å². The first-order chi connectivity index (χ1) is 11.4. The van der Waals surface area contributed by atoms with Crippen LogP contribution in [0.25, 0.3) is 10.6 Å². The highest BCUT2D eigenvalue weighted by molar-refractivity contribution is 7.13. The number of hydrogen-bond donors (Lipinski definition) is 0. The topological polar surface area (TPSA) is 66.4 Å². The maximum atomic E-state index is 12.8. The highest BCUT2D eigenvalue weighted by Gasteiger charge is 2.37. The van der Waals surface area contributed by atoms with E-state index in [-0.39, 0.29) is 11.8 Å². The van der Waals surface area contributed by atoms with E-state index in [0.717, 1.165) is 17.0 Å². The summed E-state index contributed by atoms with van der Waals surface area (Å²) in [4.78, 5) is 33.8. The Labute approximate surface area is 145 Å². The van der Waals surface area contributed by atoms with Crippen LogP contribution in [0.2, 0.25) is 0 Å². The van der Waals surface area contributed by atoms with Crippen LogP contribution in [0.15, 0.2) is 29.9 Å². The molecule has 0 atom stereocenters. The van der Waals surface area contributed by atoms with E-state index in [1.54, 1.807) is 22.8 Å². The van der Waals surface area contributed by atoms with Crippen LogP contribution in [-0.2, 0) is 4.79 Å². The normalized spacial score (nSPS) is 15.0. The first kappa shape index (κ1) is 16.6. The van der Waals surface area contributed by atoms with Crippen LogP contribution in [0, 0.1) is 5.41 Å². The third kappa shape index (κ3) is 3.17. The minimum Gasteiger partial charge on any atom is -0.272 e. The molecule has 6 nitrogen and oxygen atoms in total. The molecule has 1 fully saturated rings. The molecular weight excluding hydrogens is 324 g/mol. The van der Waals surface area contributed by atoms with Gasteiger partial charge in [0.15, 0.2) is 0 Å². The Morgan fingerprint density at radius 1 is 1.21 bits per heavy atom. The summed E-state index contributed by atoms with van der Waals surface area (Å²) in [7, 11) is 0. The Balaban J connectivity index is 1.82. The maximum absolute atomic E-state index is 12.8. The van der Waals surface area contributed by atoms with Gasteiger partial charge in [0.2, 0.25) is 5.91 Å². The maximum Gasteiger partial charge on any atom is 0.291 e. The van der Waals surface area contributed by atoms with Gasteiger partial charge in [0.25, 0.3) is 5.91 Å². The van der Waals surface area contributed by atoms with Crippen LogP contribution >= 0.6 is 11.3 Å². The number of hydrogen-bond acceptors (Lipinski definition) is 5. The molecule has 0 N–H and O–H groups in total. The Hall–Kier alpha value is -2.28. The Morgan fingerprint density at radius 2 is 1.96 bits per heavy atom. The largest absolute Gasteiger partial charge is 0.291 e. The second kappa shape index (κ2) is 6.32. The molecule has 24 heavy (non-hydrogen) atoms. The van der Waals surface area contributed by atoms with E-state index in [4.69, 9.17) is 0 Å². The van der Waals surface area contributed by atoms with Crippen molar-refractivity contribution < 1.29 is 9.59 Å². The second-order valence-electron chi connectivity index (χ2n) is 6.74. The molecule has 0 radical (unpaired) electrons. The van der Waals surface area contributed by atoms with Gasteiger partial charge in [0, 0.05) is 41.8 Å². The van der Waals surface area contributed by atoms with Crippen molar-refractivity contribution in [3.8, 4) is 10.6 Å². The molecule has 1 saturated heterocycles. The third-order valence-electron chi connectivity index (χ3n) is 3.77. The number of hydrazine groups is 1. The summed E-state index contributed by atoms with van der Waals surface area (Å²) in [5.41, 5.74) is 0.726. The van der Waals surface area contributed by atoms with Crippen molar-refractivity contribution in [3.63, 3.8) is 0 Å². The van der Waals surface area contributed by atoms with Crippen molar-refractivity contribution >= 4 is 23.2 Å². The summed E-state index contributed by atoms with van der Waals surface area (Å²) in [5, 5.41) is 5.57. The Bertz CT molecular complexity index is 751. The predicted octanol–water partition coefficient (Wildman–Crippen LogP) is 2.84. The van der Waals surface area contributed by atoms with Gasteiger partial charge >= 0.3 is 0 Å². The number of aromatic nitrogens is 2. The van der Waals surface area contributed by atoms with Crippen LogP contribution < -0.4 is 0 Å². The predicted molar refractivity (Wildman–Crippen MR) is 92.2 cm³/mol. The third-order valence-corrected chi connectivity index (χ3v) is 4.66. The van der Waals surface area contributed by atoms with Gasteiger partial charge in [-0.15, -0.1) is 11.3 Å². The lowest BCUT2D eigenvalue weighted by atomic mass is 9.95. The van der Waals surface area contributed by atoms with E-state index in [2.05, 4.69) is 9.97 Å². The molecule has 0 unspecified atom stereocenters. The van der Waals surface area contributed by atoms with Crippen molar-refractivity contribution in [2.45, 2.75) is 27.2 Å². The number of nitrogens with zero attached hydrogens (tertiary/aromatic N) is 4. The van der Waals surface area contributed by atoms with Crippen molar-refractivity contribution in [1.82, 2.24) is 20.0 Å². The average molecular weight is 344 g/mol. The molecule has 1 aliphatic rings. The van der Waals surface area contributed by atoms with Crippen LogP contribution in [0.4, 0.5) is 0 Å². The van der Waals surface area contributed by atoms with Crippen LogP contribution in [-0.4, -0.2) is 44.9 Å². The highest BCUT2D eigenvalue weighted by atomic mass is 32.1. The molecule has 0 aliphatic carbocycles. The van der Waals surface area contributed by atoms with Gasteiger partial charge in [-0.05, 0) is 18.6 Å². The van der Waals surface area contributed by atoms with Gasteiger partial charge in [-0.2, -0.15) is 0 Å². The van der Waals surface area contributed by atoms with Crippen molar-refractivity contribution in [1.29, 1.82) is 0 Å². The van der Waals surface area contributed by atoms with Gasteiger partial charge in [0.1, 0.15) is 10.7 Å². The van der Waals surface area contributed by atoms with E-state index in [9.17, 15) is 9.59 Å². The molecule has 0 spiro atoms. The molecule has 3 heterocycles. The zero-order valence-corrected chi connectivity index (χ0v) is 14.8. The zero-order valence-electron chi connectivity index (χ0n) is 14.0. The summed E-state index contributed by atoms with van der Waals surface area (Å²) < 4.78 is 0. The molecule has 2 aromatic rings. The fourth-order valence-electron chi connectivity index (χ4n) is 2.55. The van der Waals surface area contributed by atoms with E-state index in [1.165, 1.54) is 16.3 Å². The van der Waals surface area contributed by atoms with Crippen molar-refractivity contribution in [3.05, 3.63) is 35.6 Å². The van der Waals surface area contributed by atoms with Gasteiger partial charge in [0.05, 0.1) is 0 Å². The van der Waals surface area contributed by atoms with Gasteiger partial charge < -0.3 is 0 Å². The molecule has 1 aliphatic heterocycles. The molecule has 0 bridgehead atoms. The van der Waals surface area contributed by atoms with E-state index < -0.39 is 5.41 Å². The second-order valence-corrected chi connectivity index (χ2v) is 7.60. The lowest BCUT2D eigenvalue weighted by Gasteiger charge is -2.32. The molecule has 2 aromatic heterocycles. The number of amides is 2. The monoisotopic (exact) mass is 344 g/mol. The number of thiazole rings is 1. The fourth-order valence-corrected chi connectivity index (χ4v) is 3.33. The molecular formula is C17H20N4O2S. The SMILES string of the molecule is CC(C)(C)C(=O)N1CCCN1C(=O)c1csc(-c2cccnc2)n1. The lowest BCUT2D eigenvalue weighted by Crippen LogP contribution is -2.49. The minimum absolute atomic E-state index is 0.0453. The quantitative estimate of drug-likeness (QED) is 0.840. The summed E-state index contributed by atoms with van der Waals surface area (Å²) in [6, 6.07) is 3.74. The van der Waals surface area contributed by atoms with Gasteiger partial charge in [-0.1, -0.05) is 20.8 Å². The molecule has 7 heteroatoms. The van der Waals surface area contributed by atoms with Crippen molar-refractivity contribution in [2.24, 2.45) is 5.41 Å². The summed E-state index contributed by atoms with van der Waals surface area (Å²) in [5.74, 6) is -0.271. The van der Waals surface area contributed by atoms with Gasteiger partial charge in [-0.3, -0.25) is 19.6 Å². The summed E-state index contributed by atoms with van der Waals surface area (Å²) in [6.07, 6.45) is 4.20. The van der Waals surface area contributed by atoms with Crippen molar-refractivity contribution in [2.75, 3.05) is 13.1 Å². The number of rotatable bonds is 2. The molecule has 0 aromatic carbocycles. The number of carbonyl (C=O) groups excluding carboxylic acids is 2. The molecule has 3 rings (SSSR count). The Kier molecular flexibility index (Phi) is 4.36. The lowest BCUT2D eigenvalue weighted by molar-refractivity contribution is -0.149. The summed E-state index contributed by atoms with van der Waals surface area (Å²) in [6.45, 7) is 6.70.